The molecular weight excluding hydrogens is 220 g/mol. The van der Waals surface area contributed by atoms with E-state index in [4.69, 9.17) is 0 Å². The highest BCUT2D eigenvalue weighted by atomic mass is 19.3. The van der Waals surface area contributed by atoms with E-state index in [1.165, 1.54) is 24.8 Å². The molecule has 0 bridgehead atoms. The first-order chi connectivity index (χ1) is 8.22. The third-order valence-corrected chi connectivity index (χ3v) is 3.55. The molecule has 1 unspecified atom stereocenters. The molecule has 0 spiro atoms. The van der Waals surface area contributed by atoms with E-state index in [0.29, 0.717) is 18.0 Å². The molecule has 1 N–H and O–H groups in total. The molecule has 1 saturated carbocycles. The first-order valence-electron chi connectivity index (χ1n) is 6.33. The Kier molecular flexibility index (Phi) is 4.11. The van der Waals surface area contributed by atoms with Crippen LogP contribution in [0.5, 0.6) is 0 Å². The van der Waals surface area contributed by atoms with Crippen molar-refractivity contribution in [3.63, 3.8) is 0 Å². The zero-order valence-corrected chi connectivity index (χ0v) is 10.1. The van der Waals surface area contributed by atoms with Crippen molar-refractivity contribution in [2.24, 2.45) is 0 Å². The summed E-state index contributed by atoms with van der Waals surface area (Å²) < 4.78 is 25.7. The first kappa shape index (κ1) is 12.5. The van der Waals surface area contributed by atoms with E-state index in [1.807, 2.05) is 31.2 Å². The zero-order valence-electron chi connectivity index (χ0n) is 10.1. The molecule has 1 aliphatic carbocycles. The van der Waals surface area contributed by atoms with Gasteiger partial charge in [-0.2, -0.15) is 0 Å². The van der Waals surface area contributed by atoms with Gasteiger partial charge in [0.05, 0.1) is 6.04 Å². The fourth-order valence-electron chi connectivity index (χ4n) is 2.29. The van der Waals surface area contributed by atoms with Crippen molar-refractivity contribution in [1.29, 1.82) is 0 Å². The second-order valence-electron chi connectivity index (χ2n) is 4.66. The van der Waals surface area contributed by atoms with Gasteiger partial charge in [-0.25, -0.2) is 8.78 Å². The lowest BCUT2D eigenvalue weighted by Crippen LogP contribution is -2.27. The van der Waals surface area contributed by atoms with Crippen LogP contribution >= 0.6 is 0 Å². The molecule has 0 heterocycles. The standard InChI is InChI=1S/C14H19F2N/c1-2-17-13(14(15)16)12-8-6-11(7-9-12)10-4-3-5-10/h6-10,13-14,17H,2-5H2,1H3. The van der Waals surface area contributed by atoms with Crippen LogP contribution in [0.4, 0.5) is 8.78 Å². The van der Waals surface area contributed by atoms with E-state index in [0.717, 1.165) is 0 Å². The number of rotatable bonds is 5. The van der Waals surface area contributed by atoms with Crippen molar-refractivity contribution in [3.05, 3.63) is 35.4 Å². The number of hydrogen-bond donors (Lipinski definition) is 1. The number of alkyl halides is 2. The van der Waals surface area contributed by atoms with Gasteiger partial charge in [0.25, 0.3) is 6.43 Å². The average Bonchev–Trinajstić information content (AvgIpc) is 2.24. The largest absolute Gasteiger partial charge is 0.306 e. The molecule has 1 atom stereocenters. The monoisotopic (exact) mass is 239 g/mol. The molecule has 0 aromatic heterocycles. The van der Waals surface area contributed by atoms with E-state index in [-0.39, 0.29) is 0 Å². The van der Waals surface area contributed by atoms with Crippen LogP contribution in [0, 0.1) is 0 Å². The molecule has 0 amide bonds. The average molecular weight is 239 g/mol. The van der Waals surface area contributed by atoms with E-state index >= 15 is 0 Å². The highest BCUT2D eigenvalue weighted by molar-refractivity contribution is 5.28. The minimum Gasteiger partial charge on any atom is -0.306 e. The lowest BCUT2D eigenvalue weighted by molar-refractivity contribution is 0.0993. The van der Waals surface area contributed by atoms with E-state index in [2.05, 4.69) is 5.32 Å². The molecule has 1 aromatic carbocycles. The van der Waals surface area contributed by atoms with Gasteiger partial charge in [0.2, 0.25) is 0 Å². The van der Waals surface area contributed by atoms with Crippen molar-refractivity contribution >= 4 is 0 Å². The number of hydrogen-bond acceptors (Lipinski definition) is 1. The van der Waals surface area contributed by atoms with Crippen LogP contribution < -0.4 is 5.32 Å². The summed E-state index contributed by atoms with van der Waals surface area (Å²) in [4.78, 5) is 0. The van der Waals surface area contributed by atoms with E-state index in [9.17, 15) is 8.78 Å². The van der Waals surface area contributed by atoms with Crippen molar-refractivity contribution in [2.75, 3.05) is 6.54 Å². The first-order valence-corrected chi connectivity index (χ1v) is 6.33. The Morgan fingerprint density at radius 1 is 1.24 bits per heavy atom. The van der Waals surface area contributed by atoms with Gasteiger partial charge in [-0.05, 0) is 36.4 Å². The van der Waals surface area contributed by atoms with Gasteiger partial charge in [0.15, 0.2) is 0 Å². The molecule has 0 radical (unpaired) electrons. The van der Waals surface area contributed by atoms with Gasteiger partial charge in [-0.3, -0.25) is 0 Å². The van der Waals surface area contributed by atoms with Gasteiger partial charge < -0.3 is 5.32 Å². The van der Waals surface area contributed by atoms with Crippen LogP contribution in [-0.2, 0) is 0 Å². The molecule has 1 fully saturated rings. The van der Waals surface area contributed by atoms with Gasteiger partial charge >= 0.3 is 0 Å². The third-order valence-electron chi connectivity index (χ3n) is 3.55. The second kappa shape index (κ2) is 5.58. The topological polar surface area (TPSA) is 12.0 Å². The number of nitrogens with one attached hydrogen (secondary N) is 1. The molecule has 1 nitrogen and oxygen atoms in total. The van der Waals surface area contributed by atoms with Crippen LogP contribution in [0.15, 0.2) is 24.3 Å². The van der Waals surface area contributed by atoms with Crippen molar-refractivity contribution < 1.29 is 8.78 Å². The summed E-state index contributed by atoms with van der Waals surface area (Å²) in [5.41, 5.74) is 1.98. The van der Waals surface area contributed by atoms with Crippen molar-refractivity contribution in [2.45, 2.75) is 44.6 Å². The van der Waals surface area contributed by atoms with Gasteiger partial charge in [-0.1, -0.05) is 37.6 Å². The molecule has 1 aromatic rings. The normalized spacial score (nSPS) is 18.1. The maximum atomic E-state index is 12.8. The fraction of sp³-hybridized carbons (Fsp3) is 0.571. The van der Waals surface area contributed by atoms with Crippen LogP contribution in [0.3, 0.4) is 0 Å². The summed E-state index contributed by atoms with van der Waals surface area (Å²) >= 11 is 0. The van der Waals surface area contributed by atoms with Crippen LogP contribution in [0.2, 0.25) is 0 Å². The summed E-state index contributed by atoms with van der Waals surface area (Å²) in [7, 11) is 0. The molecule has 0 aliphatic heterocycles. The highest BCUT2D eigenvalue weighted by Gasteiger charge is 2.23. The van der Waals surface area contributed by atoms with Crippen molar-refractivity contribution in [1.82, 2.24) is 5.32 Å². The Labute approximate surface area is 101 Å². The van der Waals surface area contributed by atoms with Crippen LogP contribution in [0.25, 0.3) is 0 Å². The van der Waals surface area contributed by atoms with Gasteiger partial charge in [-0.15, -0.1) is 0 Å². The van der Waals surface area contributed by atoms with Gasteiger partial charge in [0.1, 0.15) is 0 Å². The summed E-state index contributed by atoms with van der Waals surface area (Å²) in [5, 5.41) is 2.82. The predicted octanol–water partition coefficient (Wildman–Crippen LogP) is 3.87. The Balaban J connectivity index is 2.09. The summed E-state index contributed by atoms with van der Waals surface area (Å²) in [6.07, 6.45) is 1.42. The smallest absolute Gasteiger partial charge is 0.257 e. The maximum absolute atomic E-state index is 12.8. The lowest BCUT2D eigenvalue weighted by atomic mass is 9.80. The summed E-state index contributed by atoms with van der Waals surface area (Å²) in [6.45, 7) is 2.40. The molecule has 3 heteroatoms. The van der Waals surface area contributed by atoms with E-state index in [1.54, 1.807) is 0 Å². The van der Waals surface area contributed by atoms with Gasteiger partial charge in [0, 0.05) is 0 Å². The summed E-state index contributed by atoms with van der Waals surface area (Å²) in [5.74, 6) is 0.660. The zero-order chi connectivity index (χ0) is 12.3. The lowest BCUT2D eigenvalue weighted by Gasteiger charge is -2.26. The third kappa shape index (κ3) is 2.83. The SMILES string of the molecule is CCNC(c1ccc(C2CCC2)cc1)C(F)F. The fourth-order valence-corrected chi connectivity index (χ4v) is 2.29. The number of halogens is 2. The molecule has 0 saturated heterocycles. The second-order valence-corrected chi connectivity index (χ2v) is 4.66. The molecular formula is C14H19F2N. The Morgan fingerprint density at radius 3 is 2.29 bits per heavy atom. The van der Waals surface area contributed by atoms with Crippen LogP contribution in [-0.4, -0.2) is 13.0 Å². The Morgan fingerprint density at radius 2 is 1.88 bits per heavy atom. The number of benzene rings is 1. The molecule has 17 heavy (non-hydrogen) atoms. The molecule has 1 aliphatic rings. The highest BCUT2D eigenvalue weighted by Crippen LogP contribution is 2.36. The quantitative estimate of drug-likeness (QED) is 0.822. The van der Waals surface area contributed by atoms with E-state index < -0.39 is 12.5 Å². The predicted molar refractivity (Wildman–Crippen MR) is 65.5 cm³/mol. The summed E-state index contributed by atoms with van der Waals surface area (Å²) in [6, 6.07) is 6.85. The molecule has 94 valence electrons. The maximum Gasteiger partial charge on any atom is 0.257 e. The molecule has 2 rings (SSSR count). The minimum absolute atomic E-state index is 0.555. The Hall–Kier alpha value is -0.960. The van der Waals surface area contributed by atoms with Crippen LogP contribution in [0.1, 0.15) is 49.3 Å². The Bertz CT molecular complexity index is 344. The van der Waals surface area contributed by atoms with Crippen molar-refractivity contribution in [3.8, 4) is 0 Å². The minimum atomic E-state index is -2.36.